The van der Waals surface area contributed by atoms with Gasteiger partial charge in [-0.3, -0.25) is 0 Å². The molecule has 1 atom stereocenters. The maximum Gasteiger partial charge on any atom is 0.223 e. The van der Waals surface area contributed by atoms with Gasteiger partial charge in [0, 0.05) is 37.0 Å². The van der Waals surface area contributed by atoms with Gasteiger partial charge in [0.15, 0.2) is 0 Å². The average Bonchev–Trinajstić information content (AvgIpc) is 2.96. The van der Waals surface area contributed by atoms with Crippen LogP contribution in [-0.4, -0.2) is 29.6 Å². The van der Waals surface area contributed by atoms with Crippen molar-refractivity contribution in [3.05, 3.63) is 28.5 Å². The van der Waals surface area contributed by atoms with Crippen LogP contribution in [0.4, 0.5) is 17.6 Å². The molecule has 5 nitrogen and oxygen atoms in total. The van der Waals surface area contributed by atoms with E-state index >= 15 is 0 Å². The fourth-order valence-electron chi connectivity index (χ4n) is 2.06. The van der Waals surface area contributed by atoms with Crippen molar-refractivity contribution in [2.24, 2.45) is 0 Å². The molecule has 0 spiro atoms. The van der Waals surface area contributed by atoms with E-state index in [2.05, 4.69) is 51.5 Å². The first kappa shape index (κ1) is 15.6. The van der Waals surface area contributed by atoms with E-state index < -0.39 is 0 Å². The number of thiophene rings is 1. The molecule has 1 unspecified atom stereocenters. The van der Waals surface area contributed by atoms with Crippen LogP contribution >= 0.6 is 11.3 Å². The highest BCUT2D eigenvalue weighted by Crippen LogP contribution is 2.20. The van der Waals surface area contributed by atoms with E-state index in [9.17, 15) is 0 Å². The van der Waals surface area contributed by atoms with Crippen LogP contribution in [0.1, 0.15) is 25.1 Å². The van der Waals surface area contributed by atoms with Gasteiger partial charge in [-0.2, -0.15) is 9.97 Å². The van der Waals surface area contributed by atoms with Crippen molar-refractivity contribution in [3.63, 3.8) is 0 Å². The molecule has 0 aliphatic heterocycles. The normalized spacial score (nSPS) is 12.1. The second kappa shape index (κ2) is 7.26. The smallest absolute Gasteiger partial charge is 0.223 e. The molecule has 2 aromatic heterocycles. The summed E-state index contributed by atoms with van der Waals surface area (Å²) in [5, 5.41) is 5.37. The molecule has 114 valence electrons. The largest absolute Gasteiger partial charge is 0.370 e. The summed E-state index contributed by atoms with van der Waals surface area (Å²) in [7, 11) is 2.05. The highest BCUT2D eigenvalue weighted by molar-refractivity contribution is 7.09. The maximum absolute atomic E-state index is 5.82. The molecule has 0 amide bonds. The summed E-state index contributed by atoms with van der Waals surface area (Å²) >= 11 is 1.78. The van der Waals surface area contributed by atoms with Gasteiger partial charge in [-0.15, -0.1) is 11.3 Å². The molecular weight excluding hydrogens is 282 g/mol. The van der Waals surface area contributed by atoms with E-state index in [4.69, 9.17) is 5.73 Å². The van der Waals surface area contributed by atoms with Crippen LogP contribution in [0.25, 0.3) is 0 Å². The van der Waals surface area contributed by atoms with Gasteiger partial charge in [0.2, 0.25) is 5.95 Å². The number of nitrogens with two attached hydrogens (primary N) is 1. The third-order valence-corrected chi connectivity index (χ3v) is 4.28. The van der Waals surface area contributed by atoms with E-state index in [1.54, 1.807) is 11.3 Å². The van der Waals surface area contributed by atoms with Crippen LogP contribution in [0.2, 0.25) is 0 Å². The number of anilines is 3. The van der Waals surface area contributed by atoms with Crippen molar-refractivity contribution in [1.29, 1.82) is 0 Å². The highest BCUT2D eigenvalue weighted by atomic mass is 32.1. The predicted molar refractivity (Wildman–Crippen MR) is 91.1 cm³/mol. The van der Waals surface area contributed by atoms with Crippen molar-refractivity contribution < 1.29 is 0 Å². The lowest BCUT2D eigenvalue weighted by Crippen LogP contribution is -2.31. The van der Waals surface area contributed by atoms with Crippen LogP contribution in [0, 0.1) is 0 Å². The molecule has 2 aromatic rings. The summed E-state index contributed by atoms with van der Waals surface area (Å²) < 4.78 is 0. The van der Waals surface area contributed by atoms with Gasteiger partial charge in [-0.05, 0) is 24.8 Å². The summed E-state index contributed by atoms with van der Waals surface area (Å²) in [5.74, 6) is 1.95. The fourth-order valence-corrected chi connectivity index (χ4v) is 2.89. The van der Waals surface area contributed by atoms with E-state index in [0.717, 1.165) is 31.0 Å². The van der Waals surface area contributed by atoms with E-state index in [0.29, 0.717) is 12.0 Å². The van der Waals surface area contributed by atoms with Gasteiger partial charge in [-0.1, -0.05) is 13.0 Å². The van der Waals surface area contributed by atoms with Gasteiger partial charge >= 0.3 is 0 Å². The standard InChI is InChI=1S/C15H23N5S/c1-4-7-17-13-10-14(19-15(16)18-13)20(3)11(2)9-12-6-5-8-21-12/h5-6,8,10-11H,4,7,9H2,1-3H3,(H3,16,17,18,19). The molecule has 0 saturated heterocycles. The van der Waals surface area contributed by atoms with E-state index in [1.165, 1.54) is 4.88 Å². The Bertz CT molecular complexity index is 555. The fraction of sp³-hybridized carbons (Fsp3) is 0.467. The molecular formula is C15H23N5S. The minimum absolute atomic E-state index is 0.307. The summed E-state index contributed by atoms with van der Waals surface area (Å²) in [6.45, 7) is 5.19. The summed E-state index contributed by atoms with van der Waals surface area (Å²) in [6.07, 6.45) is 2.04. The first-order valence-corrected chi connectivity index (χ1v) is 8.11. The lowest BCUT2D eigenvalue weighted by molar-refractivity contribution is 0.680. The third-order valence-electron chi connectivity index (χ3n) is 3.39. The zero-order valence-electron chi connectivity index (χ0n) is 12.8. The van der Waals surface area contributed by atoms with Gasteiger partial charge < -0.3 is 16.0 Å². The monoisotopic (exact) mass is 305 g/mol. The van der Waals surface area contributed by atoms with Gasteiger partial charge in [0.25, 0.3) is 0 Å². The van der Waals surface area contributed by atoms with Gasteiger partial charge in [-0.25, -0.2) is 0 Å². The number of nitrogen functional groups attached to an aromatic ring is 1. The Kier molecular flexibility index (Phi) is 5.38. The molecule has 2 rings (SSSR count). The lowest BCUT2D eigenvalue weighted by Gasteiger charge is -2.26. The Hall–Kier alpha value is -1.82. The van der Waals surface area contributed by atoms with Crippen molar-refractivity contribution in [2.45, 2.75) is 32.7 Å². The molecule has 0 aromatic carbocycles. The van der Waals surface area contributed by atoms with Crippen LogP contribution in [0.3, 0.4) is 0 Å². The molecule has 0 fully saturated rings. The van der Waals surface area contributed by atoms with Crippen LogP contribution < -0.4 is 16.0 Å². The Morgan fingerprint density at radius 1 is 1.43 bits per heavy atom. The number of nitrogens with zero attached hydrogens (tertiary/aromatic N) is 3. The second-order valence-corrected chi connectivity index (χ2v) is 6.17. The topological polar surface area (TPSA) is 67.1 Å². The number of likely N-dealkylation sites (N-methyl/N-ethyl adjacent to an activating group) is 1. The molecule has 0 saturated carbocycles. The van der Waals surface area contributed by atoms with Crippen LogP contribution in [-0.2, 0) is 6.42 Å². The van der Waals surface area contributed by atoms with E-state index in [1.807, 2.05) is 13.1 Å². The number of nitrogens with one attached hydrogen (secondary N) is 1. The number of aromatic nitrogens is 2. The lowest BCUT2D eigenvalue weighted by atomic mass is 10.2. The molecule has 0 bridgehead atoms. The Morgan fingerprint density at radius 3 is 2.90 bits per heavy atom. The zero-order valence-corrected chi connectivity index (χ0v) is 13.7. The van der Waals surface area contributed by atoms with Crippen molar-refractivity contribution >= 4 is 28.9 Å². The third kappa shape index (κ3) is 4.32. The molecule has 21 heavy (non-hydrogen) atoms. The molecule has 6 heteroatoms. The van der Waals surface area contributed by atoms with E-state index in [-0.39, 0.29) is 0 Å². The molecule has 0 aliphatic rings. The first-order chi connectivity index (χ1) is 10.1. The van der Waals surface area contributed by atoms with Crippen LogP contribution in [0.5, 0.6) is 0 Å². The van der Waals surface area contributed by atoms with Gasteiger partial charge in [0.05, 0.1) is 0 Å². The molecule has 3 N–H and O–H groups in total. The molecule has 0 radical (unpaired) electrons. The van der Waals surface area contributed by atoms with Crippen molar-refractivity contribution in [2.75, 3.05) is 29.5 Å². The van der Waals surface area contributed by atoms with Crippen molar-refractivity contribution in [1.82, 2.24) is 9.97 Å². The Morgan fingerprint density at radius 2 is 2.24 bits per heavy atom. The summed E-state index contributed by atoms with van der Waals surface area (Å²) in [5.41, 5.74) is 5.82. The van der Waals surface area contributed by atoms with Crippen LogP contribution in [0.15, 0.2) is 23.6 Å². The number of rotatable bonds is 7. The van der Waals surface area contributed by atoms with Crippen molar-refractivity contribution in [3.8, 4) is 0 Å². The number of hydrogen-bond acceptors (Lipinski definition) is 6. The first-order valence-electron chi connectivity index (χ1n) is 7.23. The van der Waals surface area contributed by atoms with Gasteiger partial charge in [0.1, 0.15) is 11.6 Å². The summed E-state index contributed by atoms with van der Waals surface area (Å²) in [4.78, 5) is 12.1. The second-order valence-electron chi connectivity index (χ2n) is 5.14. The average molecular weight is 305 g/mol. The quantitative estimate of drug-likeness (QED) is 0.823. The minimum atomic E-state index is 0.307. The zero-order chi connectivity index (χ0) is 15.2. The Balaban J connectivity index is 2.10. The summed E-state index contributed by atoms with van der Waals surface area (Å²) in [6, 6.07) is 6.55. The highest BCUT2D eigenvalue weighted by Gasteiger charge is 2.14. The predicted octanol–water partition coefficient (Wildman–Crippen LogP) is 3.01. The minimum Gasteiger partial charge on any atom is -0.370 e. The number of hydrogen-bond donors (Lipinski definition) is 2. The Labute approximate surface area is 130 Å². The molecule has 0 aliphatic carbocycles. The SMILES string of the molecule is CCCNc1cc(N(C)C(C)Cc2cccs2)nc(N)n1. The molecule has 2 heterocycles. The maximum atomic E-state index is 5.82.